The number of ether oxygens (including phenoxy) is 2. The van der Waals surface area contributed by atoms with E-state index in [0.29, 0.717) is 45.9 Å². The predicted octanol–water partition coefficient (Wildman–Crippen LogP) is 2.76. The molecule has 0 radical (unpaired) electrons. The third-order valence-electron chi connectivity index (χ3n) is 6.41. The van der Waals surface area contributed by atoms with Crippen LogP contribution in [0, 0.1) is 0 Å². The van der Waals surface area contributed by atoms with E-state index in [1.165, 1.54) is 4.68 Å². The quantitative estimate of drug-likeness (QED) is 0.498. The van der Waals surface area contributed by atoms with Gasteiger partial charge in [-0.15, -0.1) is 0 Å². The summed E-state index contributed by atoms with van der Waals surface area (Å²) < 4.78 is 12.5. The summed E-state index contributed by atoms with van der Waals surface area (Å²) in [6, 6.07) is 18.3. The number of fused-ring (bicyclic) bond motifs is 6. The SMILES string of the molecule is COc1cc2c(cc1OC)[C@@]1(Nn3c(nc4ccccc4c3=O)C2)C(=O)Nc2ccccc21. The van der Waals surface area contributed by atoms with Crippen molar-refractivity contribution in [3.63, 3.8) is 0 Å². The second-order valence-corrected chi connectivity index (χ2v) is 8.09. The largest absolute Gasteiger partial charge is 0.493 e. The minimum atomic E-state index is -1.36. The molecule has 1 spiro atoms. The molecule has 33 heavy (non-hydrogen) atoms. The van der Waals surface area contributed by atoms with E-state index in [1.807, 2.05) is 42.5 Å². The van der Waals surface area contributed by atoms with Gasteiger partial charge in [-0.3, -0.25) is 15.0 Å². The number of nitrogens with one attached hydrogen (secondary N) is 2. The number of benzene rings is 3. The van der Waals surface area contributed by atoms with Gasteiger partial charge < -0.3 is 14.8 Å². The number of amides is 1. The molecule has 164 valence electrons. The molecule has 6 rings (SSSR count). The molecule has 0 bridgehead atoms. The maximum atomic E-state index is 13.7. The Hall–Kier alpha value is -4.33. The van der Waals surface area contributed by atoms with E-state index in [1.54, 1.807) is 32.4 Å². The van der Waals surface area contributed by atoms with Crippen LogP contribution in [0.15, 0.2) is 65.5 Å². The number of aromatic nitrogens is 2. The molecule has 1 atom stereocenters. The zero-order valence-electron chi connectivity index (χ0n) is 18.0. The highest BCUT2D eigenvalue weighted by molar-refractivity contribution is 6.10. The van der Waals surface area contributed by atoms with E-state index in [0.717, 1.165) is 11.1 Å². The van der Waals surface area contributed by atoms with Gasteiger partial charge in [-0.25, -0.2) is 9.66 Å². The molecule has 0 saturated heterocycles. The van der Waals surface area contributed by atoms with Crippen molar-refractivity contribution < 1.29 is 14.3 Å². The van der Waals surface area contributed by atoms with E-state index < -0.39 is 5.54 Å². The summed E-state index contributed by atoms with van der Waals surface area (Å²) in [5, 5.41) is 3.44. The Morgan fingerprint density at radius 1 is 0.939 bits per heavy atom. The maximum absolute atomic E-state index is 13.7. The zero-order chi connectivity index (χ0) is 22.7. The maximum Gasteiger partial charge on any atom is 0.280 e. The smallest absolute Gasteiger partial charge is 0.280 e. The van der Waals surface area contributed by atoms with Gasteiger partial charge in [0.25, 0.3) is 11.5 Å². The van der Waals surface area contributed by atoms with Crippen molar-refractivity contribution in [3.05, 3.63) is 93.5 Å². The molecule has 0 fully saturated rings. The number of carbonyl (C=O) groups is 1. The van der Waals surface area contributed by atoms with Crippen molar-refractivity contribution in [2.45, 2.75) is 12.0 Å². The lowest BCUT2D eigenvalue weighted by Gasteiger charge is -2.31. The van der Waals surface area contributed by atoms with E-state index in [2.05, 4.69) is 10.7 Å². The molecule has 1 amide bonds. The Balaban J connectivity index is 1.74. The van der Waals surface area contributed by atoms with Gasteiger partial charge in [0.05, 0.1) is 25.1 Å². The first-order chi connectivity index (χ1) is 16.1. The highest BCUT2D eigenvalue weighted by Gasteiger charge is 2.52. The van der Waals surface area contributed by atoms with Crippen LogP contribution in [0.5, 0.6) is 11.5 Å². The summed E-state index contributed by atoms with van der Waals surface area (Å²) in [7, 11) is 3.12. The van der Waals surface area contributed by atoms with Gasteiger partial charge >= 0.3 is 0 Å². The molecule has 8 heteroatoms. The molecule has 4 aromatic rings. The third kappa shape index (κ3) is 2.54. The van der Waals surface area contributed by atoms with Gasteiger partial charge in [0.2, 0.25) is 0 Å². The molecule has 8 nitrogen and oxygen atoms in total. The molecule has 1 aromatic heterocycles. The van der Waals surface area contributed by atoms with E-state index in [4.69, 9.17) is 14.5 Å². The Kier molecular flexibility index (Phi) is 4.01. The summed E-state index contributed by atoms with van der Waals surface area (Å²) in [6.45, 7) is 0. The fraction of sp³-hybridized carbons (Fsp3) is 0.160. The van der Waals surface area contributed by atoms with Gasteiger partial charge in [-0.05, 0) is 35.9 Å². The van der Waals surface area contributed by atoms with Crippen LogP contribution in [0.4, 0.5) is 5.69 Å². The summed E-state index contributed by atoms with van der Waals surface area (Å²) in [4.78, 5) is 32.0. The average Bonchev–Trinajstić information content (AvgIpc) is 3.03. The normalized spacial score (nSPS) is 18.1. The summed E-state index contributed by atoms with van der Waals surface area (Å²) in [6.07, 6.45) is 0.319. The van der Waals surface area contributed by atoms with E-state index in [-0.39, 0.29) is 11.5 Å². The van der Waals surface area contributed by atoms with Crippen molar-refractivity contribution in [2.75, 3.05) is 25.0 Å². The molecule has 0 aliphatic carbocycles. The van der Waals surface area contributed by atoms with Crippen LogP contribution in [0.3, 0.4) is 0 Å². The monoisotopic (exact) mass is 440 g/mol. The molecule has 0 saturated carbocycles. The van der Waals surface area contributed by atoms with Crippen LogP contribution in [-0.2, 0) is 16.8 Å². The Labute approximate surface area is 188 Å². The molecule has 2 aliphatic heterocycles. The number of para-hydroxylation sites is 2. The number of hydrogen-bond donors (Lipinski definition) is 2. The minimum Gasteiger partial charge on any atom is -0.493 e. The van der Waals surface area contributed by atoms with Crippen LogP contribution < -0.4 is 25.8 Å². The minimum absolute atomic E-state index is 0.265. The molecular formula is C25H20N4O4. The fourth-order valence-electron chi connectivity index (χ4n) is 4.86. The molecule has 0 unspecified atom stereocenters. The van der Waals surface area contributed by atoms with Crippen LogP contribution in [-0.4, -0.2) is 29.8 Å². The fourth-order valence-corrected chi connectivity index (χ4v) is 4.86. The third-order valence-corrected chi connectivity index (χ3v) is 6.41. The average molecular weight is 440 g/mol. The Morgan fingerprint density at radius 2 is 1.67 bits per heavy atom. The van der Waals surface area contributed by atoms with Crippen molar-refractivity contribution in [3.8, 4) is 11.5 Å². The molecular weight excluding hydrogens is 420 g/mol. The van der Waals surface area contributed by atoms with Crippen LogP contribution in [0.25, 0.3) is 10.9 Å². The second kappa shape index (κ2) is 6.83. The van der Waals surface area contributed by atoms with E-state index in [9.17, 15) is 9.59 Å². The number of carbonyl (C=O) groups excluding carboxylic acids is 1. The lowest BCUT2D eigenvalue weighted by molar-refractivity contribution is -0.119. The summed E-state index contributed by atoms with van der Waals surface area (Å²) >= 11 is 0. The van der Waals surface area contributed by atoms with Crippen molar-refractivity contribution in [2.24, 2.45) is 0 Å². The predicted molar refractivity (Wildman–Crippen MR) is 124 cm³/mol. The molecule has 3 heterocycles. The topological polar surface area (TPSA) is 94.5 Å². The zero-order valence-corrected chi connectivity index (χ0v) is 18.0. The number of anilines is 1. The standard InChI is InChI=1S/C25H20N4O4/c1-32-20-11-14-12-22-26-18-9-5-3-7-15(18)23(30)29(22)28-25(17(14)13-21(20)33-2)16-8-4-6-10-19(16)27-24(25)31/h3-11,13,28H,12H2,1-2H3,(H,27,31)/t25-/m1/s1. The van der Waals surface area contributed by atoms with Gasteiger partial charge in [-0.2, -0.15) is 0 Å². The highest BCUT2D eigenvalue weighted by Crippen LogP contribution is 2.47. The molecule has 2 N–H and O–H groups in total. The van der Waals surface area contributed by atoms with Gasteiger partial charge in [0.1, 0.15) is 5.82 Å². The first-order valence-electron chi connectivity index (χ1n) is 10.5. The first kappa shape index (κ1) is 19.4. The Morgan fingerprint density at radius 3 is 2.48 bits per heavy atom. The number of rotatable bonds is 2. The lowest BCUT2D eigenvalue weighted by Crippen LogP contribution is -2.50. The van der Waals surface area contributed by atoms with Crippen LogP contribution >= 0.6 is 0 Å². The number of methoxy groups -OCH3 is 2. The summed E-state index contributed by atoms with van der Waals surface area (Å²) in [5.74, 6) is 1.24. The van der Waals surface area contributed by atoms with E-state index >= 15 is 0 Å². The van der Waals surface area contributed by atoms with Gasteiger partial charge in [0, 0.05) is 23.2 Å². The lowest BCUT2D eigenvalue weighted by atomic mass is 9.81. The Bertz CT molecular complexity index is 1530. The number of nitrogens with zero attached hydrogens (tertiary/aromatic N) is 2. The van der Waals surface area contributed by atoms with Crippen molar-refractivity contribution >= 4 is 22.5 Å². The molecule has 3 aromatic carbocycles. The van der Waals surface area contributed by atoms with Crippen LogP contribution in [0.1, 0.15) is 22.5 Å². The highest BCUT2D eigenvalue weighted by atomic mass is 16.5. The first-order valence-corrected chi connectivity index (χ1v) is 10.5. The second-order valence-electron chi connectivity index (χ2n) is 8.09. The van der Waals surface area contributed by atoms with Gasteiger partial charge in [0.15, 0.2) is 17.0 Å². The molecule has 2 aliphatic rings. The van der Waals surface area contributed by atoms with Crippen molar-refractivity contribution in [1.82, 2.24) is 9.66 Å². The van der Waals surface area contributed by atoms with Crippen molar-refractivity contribution in [1.29, 1.82) is 0 Å². The number of hydrogen-bond acceptors (Lipinski definition) is 6. The van der Waals surface area contributed by atoms with Gasteiger partial charge in [-0.1, -0.05) is 30.3 Å². The summed E-state index contributed by atoms with van der Waals surface area (Å²) in [5.41, 5.74) is 5.14. The van der Waals surface area contributed by atoms with Crippen LogP contribution in [0.2, 0.25) is 0 Å².